The number of halogens is 1. The van der Waals surface area contributed by atoms with E-state index in [-0.39, 0.29) is 0 Å². The lowest BCUT2D eigenvalue weighted by Crippen LogP contribution is -2.05. The number of fused-ring (bicyclic) bond motifs is 1. The Labute approximate surface area is 84.8 Å². The van der Waals surface area contributed by atoms with Crippen LogP contribution < -0.4 is 5.32 Å². The molecule has 0 spiro atoms. The molecule has 0 bridgehead atoms. The molecule has 0 aliphatic rings. The van der Waals surface area contributed by atoms with Crippen LogP contribution in [0, 0.1) is 0 Å². The quantitative estimate of drug-likeness (QED) is 0.796. The first-order chi connectivity index (χ1) is 6.40. The van der Waals surface area contributed by atoms with Crippen molar-refractivity contribution in [3.05, 3.63) is 17.6 Å². The van der Waals surface area contributed by atoms with Crippen LogP contribution in [0.5, 0.6) is 0 Å². The summed E-state index contributed by atoms with van der Waals surface area (Å²) in [4.78, 5) is 8.45. The highest BCUT2D eigenvalue weighted by Gasteiger charge is 1.98. The van der Waals surface area contributed by atoms with Gasteiger partial charge in [-0.1, -0.05) is 0 Å². The summed E-state index contributed by atoms with van der Waals surface area (Å²) in [6.07, 6.45) is 1.82. The first-order valence-electron chi connectivity index (χ1n) is 3.90. The maximum absolute atomic E-state index is 5.53. The Morgan fingerprint density at radius 1 is 1.54 bits per heavy atom. The van der Waals surface area contributed by atoms with Gasteiger partial charge in [-0.15, -0.1) is 22.9 Å². The van der Waals surface area contributed by atoms with Crippen molar-refractivity contribution in [2.24, 2.45) is 0 Å². The summed E-state index contributed by atoms with van der Waals surface area (Å²) in [6, 6.07) is 1.98. The third-order valence-corrected chi connectivity index (χ3v) is 2.61. The average Bonchev–Trinajstić information content (AvgIpc) is 2.61. The van der Waals surface area contributed by atoms with E-state index in [1.807, 2.05) is 17.6 Å². The molecular formula is C8H8ClN3S. The number of hydrogen-bond donors (Lipinski definition) is 1. The maximum Gasteiger partial charge on any atom is 0.223 e. The molecule has 0 aliphatic carbocycles. The number of nitrogens with one attached hydrogen (secondary N) is 1. The molecule has 2 heterocycles. The van der Waals surface area contributed by atoms with Crippen LogP contribution in [0.3, 0.4) is 0 Å². The molecule has 2 aromatic rings. The maximum atomic E-state index is 5.53. The second kappa shape index (κ2) is 3.89. The molecule has 0 saturated carbocycles. The smallest absolute Gasteiger partial charge is 0.223 e. The first-order valence-corrected chi connectivity index (χ1v) is 5.31. The third kappa shape index (κ3) is 1.89. The summed E-state index contributed by atoms with van der Waals surface area (Å²) < 4.78 is 1.11. The number of alkyl halides is 1. The van der Waals surface area contributed by atoms with Crippen molar-refractivity contribution >= 4 is 39.1 Å². The van der Waals surface area contributed by atoms with Gasteiger partial charge in [0.05, 0.1) is 16.4 Å². The van der Waals surface area contributed by atoms with Gasteiger partial charge in [-0.2, -0.15) is 0 Å². The zero-order chi connectivity index (χ0) is 9.10. The fourth-order valence-electron chi connectivity index (χ4n) is 1.01. The van der Waals surface area contributed by atoms with Crippen LogP contribution in [-0.4, -0.2) is 22.4 Å². The van der Waals surface area contributed by atoms with Crippen LogP contribution in [-0.2, 0) is 0 Å². The van der Waals surface area contributed by atoms with Gasteiger partial charge in [0.25, 0.3) is 0 Å². The summed E-state index contributed by atoms with van der Waals surface area (Å²) >= 11 is 7.17. The molecule has 0 atom stereocenters. The molecule has 0 unspecified atom stereocenters. The lowest BCUT2D eigenvalue weighted by atomic mass is 10.5. The van der Waals surface area contributed by atoms with Crippen LogP contribution in [0.25, 0.3) is 10.2 Å². The highest BCUT2D eigenvalue weighted by atomic mass is 35.5. The van der Waals surface area contributed by atoms with Crippen molar-refractivity contribution in [3.63, 3.8) is 0 Å². The molecule has 0 saturated heterocycles. The van der Waals surface area contributed by atoms with Crippen LogP contribution in [0.4, 0.5) is 5.95 Å². The molecule has 0 radical (unpaired) electrons. The first kappa shape index (κ1) is 8.72. The van der Waals surface area contributed by atoms with Gasteiger partial charge in [-0.3, -0.25) is 0 Å². The van der Waals surface area contributed by atoms with E-state index < -0.39 is 0 Å². The second-order valence-electron chi connectivity index (χ2n) is 2.48. The van der Waals surface area contributed by atoms with Gasteiger partial charge < -0.3 is 5.32 Å². The molecule has 68 valence electrons. The molecule has 0 fully saturated rings. The Bertz CT molecular complexity index is 401. The van der Waals surface area contributed by atoms with Crippen LogP contribution in [0.2, 0.25) is 0 Å². The number of rotatable bonds is 3. The number of anilines is 1. The van der Waals surface area contributed by atoms with Crippen molar-refractivity contribution in [3.8, 4) is 0 Å². The standard InChI is InChI=1S/C8H8ClN3S/c9-2-3-10-8-11-5-7-6(12-8)1-4-13-7/h1,4-5H,2-3H2,(H,10,11,12). The Morgan fingerprint density at radius 2 is 2.46 bits per heavy atom. The summed E-state index contributed by atoms with van der Waals surface area (Å²) in [5.41, 5.74) is 0.983. The largest absolute Gasteiger partial charge is 0.353 e. The van der Waals surface area contributed by atoms with E-state index in [4.69, 9.17) is 11.6 Å². The number of nitrogens with zero attached hydrogens (tertiary/aromatic N) is 2. The SMILES string of the molecule is ClCCNc1ncc2sccc2n1. The van der Waals surface area contributed by atoms with Gasteiger partial charge in [0.2, 0.25) is 5.95 Å². The van der Waals surface area contributed by atoms with Crippen LogP contribution in [0.15, 0.2) is 17.6 Å². The van der Waals surface area contributed by atoms with E-state index >= 15 is 0 Å². The van der Waals surface area contributed by atoms with E-state index in [0.29, 0.717) is 18.4 Å². The van der Waals surface area contributed by atoms with E-state index in [9.17, 15) is 0 Å². The van der Waals surface area contributed by atoms with Crippen molar-refractivity contribution in [2.45, 2.75) is 0 Å². The molecular weight excluding hydrogens is 206 g/mol. The zero-order valence-electron chi connectivity index (χ0n) is 6.83. The van der Waals surface area contributed by atoms with Crippen molar-refractivity contribution in [2.75, 3.05) is 17.7 Å². The van der Waals surface area contributed by atoms with E-state index in [1.54, 1.807) is 11.3 Å². The minimum absolute atomic E-state index is 0.561. The number of hydrogen-bond acceptors (Lipinski definition) is 4. The fraction of sp³-hybridized carbons (Fsp3) is 0.250. The summed E-state index contributed by atoms with van der Waals surface area (Å²) in [7, 11) is 0. The van der Waals surface area contributed by atoms with E-state index in [1.165, 1.54) is 0 Å². The minimum Gasteiger partial charge on any atom is -0.353 e. The third-order valence-electron chi connectivity index (χ3n) is 1.58. The fourth-order valence-corrected chi connectivity index (χ4v) is 1.80. The van der Waals surface area contributed by atoms with Crippen molar-refractivity contribution in [1.82, 2.24) is 9.97 Å². The summed E-state index contributed by atoms with van der Waals surface area (Å²) in [5.74, 6) is 1.21. The van der Waals surface area contributed by atoms with E-state index in [2.05, 4.69) is 15.3 Å². The monoisotopic (exact) mass is 213 g/mol. The zero-order valence-corrected chi connectivity index (χ0v) is 8.40. The Hall–Kier alpha value is -0.870. The molecule has 1 N–H and O–H groups in total. The normalized spacial score (nSPS) is 10.5. The Kier molecular flexibility index (Phi) is 2.61. The molecule has 5 heteroatoms. The van der Waals surface area contributed by atoms with Gasteiger partial charge in [-0.05, 0) is 11.4 Å². The van der Waals surface area contributed by atoms with Crippen LogP contribution in [0.1, 0.15) is 0 Å². The predicted molar refractivity (Wildman–Crippen MR) is 56.6 cm³/mol. The lowest BCUT2D eigenvalue weighted by Gasteiger charge is -2.00. The topological polar surface area (TPSA) is 37.8 Å². The molecule has 3 nitrogen and oxygen atoms in total. The predicted octanol–water partition coefficient (Wildman–Crippen LogP) is 2.34. The molecule has 0 aromatic carbocycles. The summed E-state index contributed by atoms with van der Waals surface area (Å²) in [6.45, 7) is 0.692. The Balaban J connectivity index is 2.26. The Morgan fingerprint density at radius 3 is 3.31 bits per heavy atom. The molecule has 13 heavy (non-hydrogen) atoms. The van der Waals surface area contributed by atoms with Gasteiger partial charge in [0, 0.05) is 12.4 Å². The van der Waals surface area contributed by atoms with Gasteiger partial charge in [0.1, 0.15) is 0 Å². The highest BCUT2D eigenvalue weighted by molar-refractivity contribution is 7.17. The minimum atomic E-state index is 0.561. The van der Waals surface area contributed by atoms with Gasteiger partial charge in [0.15, 0.2) is 0 Å². The average molecular weight is 214 g/mol. The molecule has 2 aromatic heterocycles. The summed E-state index contributed by atoms with van der Waals surface area (Å²) in [5, 5.41) is 5.03. The highest BCUT2D eigenvalue weighted by Crippen LogP contribution is 2.18. The molecule has 0 amide bonds. The van der Waals surface area contributed by atoms with Gasteiger partial charge in [-0.25, -0.2) is 9.97 Å². The lowest BCUT2D eigenvalue weighted by molar-refractivity contribution is 1.12. The van der Waals surface area contributed by atoms with Crippen molar-refractivity contribution < 1.29 is 0 Å². The van der Waals surface area contributed by atoms with Gasteiger partial charge >= 0.3 is 0 Å². The number of thiophene rings is 1. The molecule has 2 rings (SSSR count). The van der Waals surface area contributed by atoms with E-state index in [0.717, 1.165) is 10.2 Å². The molecule has 0 aliphatic heterocycles. The van der Waals surface area contributed by atoms with Crippen molar-refractivity contribution in [1.29, 1.82) is 0 Å². The van der Waals surface area contributed by atoms with Crippen LogP contribution >= 0.6 is 22.9 Å². The second-order valence-corrected chi connectivity index (χ2v) is 3.81. The number of aromatic nitrogens is 2.